The first-order valence-corrected chi connectivity index (χ1v) is 8.37. The molecule has 1 N–H and O–H groups in total. The van der Waals surface area contributed by atoms with Crippen LogP contribution in [0, 0.1) is 0 Å². The third-order valence-corrected chi connectivity index (χ3v) is 4.13. The molecular weight excluding hydrogens is 286 g/mol. The monoisotopic (exact) mass is 303 g/mol. The Morgan fingerprint density at radius 3 is 2.67 bits per heavy atom. The van der Waals surface area contributed by atoms with Gasteiger partial charge in [0.1, 0.15) is 5.82 Å². The van der Waals surface area contributed by atoms with Gasteiger partial charge in [-0.1, -0.05) is 0 Å². The first-order valence-electron chi connectivity index (χ1n) is 6.97. The molecule has 0 bridgehead atoms. The van der Waals surface area contributed by atoms with Crippen LogP contribution in [0.3, 0.4) is 0 Å². The standard InChI is InChI=1S/C15H17N3O2S/c1-21-9-8-13-16-14(10-2-3-10)17-18(13)12-6-4-11(5-7-12)15(19)20/h4-7,10H,2-3,8-9H2,1H3,(H,19,20). The zero-order valence-corrected chi connectivity index (χ0v) is 12.6. The van der Waals surface area contributed by atoms with E-state index in [0.717, 1.165) is 29.5 Å². The average molecular weight is 303 g/mol. The van der Waals surface area contributed by atoms with Crippen molar-refractivity contribution in [2.45, 2.75) is 25.2 Å². The summed E-state index contributed by atoms with van der Waals surface area (Å²) >= 11 is 1.78. The fraction of sp³-hybridized carbons (Fsp3) is 0.400. The van der Waals surface area contributed by atoms with Gasteiger partial charge in [0.2, 0.25) is 0 Å². The van der Waals surface area contributed by atoms with E-state index in [1.807, 2.05) is 4.68 Å². The molecular formula is C15H17N3O2S. The van der Waals surface area contributed by atoms with Gasteiger partial charge in [-0.05, 0) is 43.4 Å². The van der Waals surface area contributed by atoms with Crippen LogP contribution in [-0.4, -0.2) is 37.8 Å². The van der Waals surface area contributed by atoms with Gasteiger partial charge in [-0.15, -0.1) is 0 Å². The van der Waals surface area contributed by atoms with E-state index in [-0.39, 0.29) is 5.56 Å². The number of carboxylic acids is 1. The normalized spacial score (nSPS) is 14.3. The molecule has 1 fully saturated rings. The Morgan fingerprint density at radius 2 is 2.10 bits per heavy atom. The van der Waals surface area contributed by atoms with Crippen LogP contribution in [0.4, 0.5) is 0 Å². The Balaban J connectivity index is 1.93. The van der Waals surface area contributed by atoms with Gasteiger partial charge in [-0.3, -0.25) is 0 Å². The molecule has 6 heteroatoms. The molecule has 1 saturated carbocycles. The van der Waals surface area contributed by atoms with Crippen molar-refractivity contribution < 1.29 is 9.90 Å². The van der Waals surface area contributed by atoms with E-state index in [0.29, 0.717) is 5.92 Å². The minimum absolute atomic E-state index is 0.284. The van der Waals surface area contributed by atoms with Gasteiger partial charge in [-0.25, -0.2) is 14.5 Å². The lowest BCUT2D eigenvalue weighted by atomic mass is 10.2. The molecule has 5 nitrogen and oxygen atoms in total. The largest absolute Gasteiger partial charge is 0.478 e. The van der Waals surface area contributed by atoms with Gasteiger partial charge in [0.15, 0.2) is 5.82 Å². The first-order chi connectivity index (χ1) is 10.2. The Morgan fingerprint density at radius 1 is 1.38 bits per heavy atom. The number of aromatic nitrogens is 3. The number of hydrogen-bond acceptors (Lipinski definition) is 4. The predicted octanol–water partition coefficient (Wildman–Crippen LogP) is 2.75. The number of benzene rings is 1. The molecule has 1 aliphatic carbocycles. The van der Waals surface area contributed by atoms with E-state index in [9.17, 15) is 4.79 Å². The molecule has 1 aromatic heterocycles. The lowest BCUT2D eigenvalue weighted by molar-refractivity contribution is 0.0697. The third-order valence-electron chi connectivity index (χ3n) is 3.52. The fourth-order valence-corrected chi connectivity index (χ4v) is 2.57. The number of aromatic carboxylic acids is 1. The molecule has 0 aliphatic heterocycles. The molecule has 110 valence electrons. The number of nitrogens with zero attached hydrogens (tertiary/aromatic N) is 3. The quantitative estimate of drug-likeness (QED) is 0.888. The fourth-order valence-electron chi connectivity index (χ4n) is 2.18. The molecule has 1 heterocycles. The molecule has 3 rings (SSSR count). The number of hydrogen-bond donors (Lipinski definition) is 1. The van der Waals surface area contributed by atoms with Gasteiger partial charge in [0.05, 0.1) is 11.3 Å². The predicted molar refractivity (Wildman–Crippen MR) is 82.4 cm³/mol. The van der Waals surface area contributed by atoms with Crippen LogP contribution in [-0.2, 0) is 6.42 Å². The van der Waals surface area contributed by atoms with Crippen LogP contribution >= 0.6 is 11.8 Å². The van der Waals surface area contributed by atoms with Gasteiger partial charge >= 0.3 is 5.97 Å². The summed E-state index contributed by atoms with van der Waals surface area (Å²) in [7, 11) is 0. The molecule has 2 aromatic rings. The SMILES string of the molecule is CSCCc1nc(C2CC2)nn1-c1ccc(C(=O)O)cc1. The molecule has 1 aliphatic rings. The van der Waals surface area contributed by atoms with Crippen molar-refractivity contribution >= 4 is 17.7 Å². The molecule has 21 heavy (non-hydrogen) atoms. The van der Waals surface area contributed by atoms with E-state index < -0.39 is 5.97 Å². The second-order valence-corrected chi connectivity index (χ2v) is 6.15. The molecule has 1 aromatic carbocycles. The molecule has 0 unspecified atom stereocenters. The Hall–Kier alpha value is -1.82. The summed E-state index contributed by atoms with van der Waals surface area (Å²) in [5.41, 5.74) is 1.16. The molecule has 0 radical (unpaired) electrons. The Kier molecular flexibility index (Phi) is 3.96. The van der Waals surface area contributed by atoms with Gasteiger partial charge in [0, 0.05) is 18.1 Å². The number of thioether (sulfide) groups is 1. The van der Waals surface area contributed by atoms with Crippen LogP contribution in [0.25, 0.3) is 5.69 Å². The van der Waals surface area contributed by atoms with Crippen molar-refractivity contribution in [2.24, 2.45) is 0 Å². The summed E-state index contributed by atoms with van der Waals surface area (Å²) in [5.74, 6) is 2.47. The van der Waals surface area contributed by atoms with Gasteiger partial charge in [-0.2, -0.15) is 16.9 Å². The molecule has 0 spiro atoms. The second-order valence-electron chi connectivity index (χ2n) is 5.17. The van der Waals surface area contributed by atoms with E-state index in [1.165, 1.54) is 12.8 Å². The summed E-state index contributed by atoms with van der Waals surface area (Å²) in [4.78, 5) is 15.6. The summed E-state index contributed by atoms with van der Waals surface area (Å²) < 4.78 is 1.86. The average Bonchev–Trinajstić information content (AvgIpc) is 3.26. The summed E-state index contributed by atoms with van der Waals surface area (Å²) in [6.07, 6.45) is 5.28. The summed E-state index contributed by atoms with van der Waals surface area (Å²) in [6, 6.07) is 6.79. The van der Waals surface area contributed by atoms with Crippen LogP contribution in [0.15, 0.2) is 24.3 Å². The summed E-state index contributed by atoms with van der Waals surface area (Å²) in [5, 5.41) is 13.6. The highest BCUT2D eigenvalue weighted by molar-refractivity contribution is 7.98. The number of rotatable bonds is 6. The maximum absolute atomic E-state index is 10.9. The van der Waals surface area contributed by atoms with Crippen LogP contribution in [0.2, 0.25) is 0 Å². The molecule has 0 atom stereocenters. The van der Waals surface area contributed by atoms with Gasteiger partial charge in [0.25, 0.3) is 0 Å². The second kappa shape index (κ2) is 5.89. The van der Waals surface area contributed by atoms with Crippen LogP contribution in [0.1, 0.15) is 40.8 Å². The van der Waals surface area contributed by atoms with Crippen molar-refractivity contribution in [3.05, 3.63) is 41.5 Å². The van der Waals surface area contributed by atoms with Crippen molar-refractivity contribution in [1.82, 2.24) is 14.8 Å². The molecule has 0 amide bonds. The number of carbonyl (C=O) groups is 1. The van der Waals surface area contributed by atoms with E-state index in [4.69, 9.17) is 5.11 Å². The maximum Gasteiger partial charge on any atom is 0.335 e. The zero-order valence-electron chi connectivity index (χ0n) is 11.8. The maximum atomic E-state index is 10.9. The number of aryl methyl sites for hydroxylation is 1. The summed E-state index contributed by atoms with van der Waals surface area (Å²) in [6.45, 7) is 0. The smallest absolute Gasteiger partial charge is 0.335 e. The highest BCUT2D eigenvalue weighted by Gasteiger charge is 2.29. The van der Waals surface area contributed by atoms with Gasteiger partial charge < -0.3 is 5.11 Å². The Bertz CT molecular complexity index is 647. The van der Waals surface area contributed by atoms with Crippen molar-refractivity contribution in [1.29, 1.82) is 0 Å². The van der Waals surface area contributed by atoms with E-state index >= 15 is 0 Å². The minimum atomic E-state index is -0.915. The zero-order chi connectivity index (χ0) is 14.8. The highest BCUT2D eigenvalue weighted by Crippen LogP contribution is 2.38. The lowest BCUT2D eigenvalue weighted by Crippen LogP contribution is -2.05. The first kappa shape index (κ1) is 14.1. The lowest BCUT2D eigenvalue weighted by Gasteiger charge is -2.05. The minimum Gasteiger partial charge on any atom is -0.478 e. The van der Waals surface area contributed by atoms with Crippen molar-refractivity contribution in [2.75, 3.05) is 12.0 Å². The van der Waals surface area contributed by atoms with Crippen LogP contribution in [0.5, 0.6) is 0 Å². The van der Waals surface area contributed by atoms with E-state index in [2.05, 4.69) is 16.3 Å². The topological polar surface area (TPSA) is 68.0 Å². The van der Waals surface area contributed by atoms with E-state index in [1.54, 1.807) is 36.0 Å². The van der Waals surface area contributed by atoms with Crippen molar-refractivity contribution in [3.8, 4) is 5.69 Å². The molecule has 0 saturated heterocycles. The van der Waals surface area contributed by atoms with Crippen LogP contribution < -0.4 is 0 Å². The third kappa shape index (κ3) is 3.10. The Labute approximate surface area is 127 Å². The van der Waals surface area contributed by atoms with Crippen molar-refractivity contribution in [3.63, 3.8) is 0 Å². The highest BCUT2D eigenvalue weighted by atomic mass is 32.2. The number of carboxylic acid groups (broad SMARTS) is 1.